The predicted octanol–water partition coefficient (Wildman–Crippen LogP) is 1.74. The highest BCUT2D eigenvalue weighted by atomic mass is 127. The van der Waals surface area contributed by atoms with Crippen molar-refractivity contribution in [2.45, 2.75) is 55.0 Å². The van der Waals surface area contributed by atoms with Gasteiger partial charge in [-0.2, -0.15) is 0 Å². The van der Waals surface area contributed by atoms with Crippen LogP contribution in [0.1, 0.15) is 26.3 Å². The van der Waals surface area contributed by atoms with Gasteiger partial charge in [-0.05, 0) is 26.3 Å². The Balaban J connectivity index is 2.26. The van der Waals surface area contributed by atoms with E-state index in [1.165, 1.54) is 0 Å². The van der Waals surface area contributed by atoms with Crippen molar-refractivity contribution in [2.24, 2.45) is 0 Å². The number of carbonyl (C=O) groups excluding carboxylic acids is 1. The number of hydrogen-bond acceptors (Lipinski definition) is 5. The second-order valence-corrected chi connectivity index (χ2v) is 8.26. The highest BCUT2D eigenvalue weighted by Gasteiger charge is 2.51. The topological polar surface area (TPSA) is 70.0 Å². The van der Waals surface area contributed by atoms with Gasteiger partial charge in [-0.1, -0.05) is 52.9 Å². The molecule has 0 amide bonds. The highest BCUT2D eigenvalue weighted by Crippen LogP contribution is 2.33. The molecule has 1 aliphatic rings. The maximum Gasteiger partial charge on any atom is 0.326 e. The molecule has 1 aromatic rings. The second-order valence-electron chi connectivity index (χ2n) is 6.82. The molecule has 2 N–H and O–H groups in total. The van der Waals surface area contributed by atoms with E-state index in [9.17, 15) is 15.0 Å². The summed E-state index contributed by atoms with van der Waals surface area (Å²) >= 11 is 2.10. The van der Waals surface area contributed by atoms with Crippen LogP contribution in [0.4, 0.5) is 0 Å². The van der Waals surface area contributed by atoms with Gasteiger partial charge in [0.25, 0.3) is 0 Å². The Bertz CT molecular complexity index is 531. The van der Waals surface area contributed by atoms with Gasteiger partial charge in [0, 0.05) is 12.6 Å². The molecule has 1 heterocycles. The fraction of sp³-hybridized carbons (Fsp3) is 0.588. The Kier molecular flexibility index (Phi) is 6.05. The van der Waals surface area contributed by atoms with Gasteiger partial charge in [0.2, 0.25) is 0 Å². The summed E-state index contributed by atoms with van der Waals surface area (Å²) in [6.07, 6.45) is -0.869. The van der Waals surface area contributed by atoms with Crippen LogP contribution in [-0.4, -0.2) is 55.4 Å². The molecule has 0 saturated carbocycles. The minimum Gasteiger partial charge on any atom is -0.459 e. The van der Waals surface area contributed by atoms with Crippen molar-refractivity contribution in [3.63, 3.8) is 0 Å². The van der Waals surface area contributed by atoms with Crippen molar-refractivity contribution in [3.05, 3.63) is 35.9 Å². The Hall–Kier alpha value is -0.700. The first-order valence-electron chi connectivity index (χ1n) is 7.70. The Morgan fingerprint density at radius 2 is 1.91 bits per heavy atom. The molecule has 1 aromatic carbocycles. The normalized spacial score (nSPS) is 28.8. The molecule has 0 aliphatic carbocycles. The van der Waals surface area contributed by atoms with E-state index >= 15 is 0 Å². The van der Waals surface area contributed by atoms with Crippen LogP contribution in [0.15, 0.2) is 30.3 Å². The van der Waals surface area contributed by atoms with Crippen LogP contribution in [-0.2, 0) is 16.1 Å². The van der Waals surface area contributed by atoms with E-state index in [1.807, 2.05) is 35.2 Å². The SMILES string of the molecule is CC(C)(C)OC(=O)[C@@H]1[C@@H](O)[C@@H](I)[C@H](CO)N1Cc1ccccc1. The van der Waals surface area contributed by atoms with Gasteiger partial charge in [0.15, 0.2) is 0 Å². The number of benzene rings is 1. The summed E-state index contributed by atoms with van der Waals surface area (Å²) in [5, 5.41) is 20.2. The molecule has 23 heavy (non-hydrogen) atoms. The molecule has 5 nitrogen and oxygen atoms in total. The number of ether oxygens (including phenoxy) is 1. The van der Waals surface area contributed by atoms with E-state index in [2.05, 4.69) is 22.6 Å². The number of aliphatic hydroxyl groups is 2. The molecular formula is C17H24INO4. The first-order chi connectivity index (χ1) is 10.7. The van der Waals surface area contributed by atoms with E-state index in [0.29, 0.717) is 6.54 Å². The highest BCUT2D eigenvalue weighted by molar-refractivity contribution is 14.1. The van der Waals surface area contributed by atoms with E-state index in [4.69, 9.17) is 4.74 Å². The zero-order chi connectivity index (χ0) is 17.2. The van der Waals surface area contributed by atoms with Crippen molar-refractivity contribution in [1.82, 2.24) is 4.90 Å². The monoisotopic (exact) mass is 433 g/mol. The third-order valence-electron chi connectivity index (χ3n) is 3.84. The minimum atomic E-state index is -0.869. The zero-order valence-corrected chi connectivity index (χ0v) is 15.8. The molecule has 128 valence electrons. The summed E-state index contributed by atoms with van der Waals surface area (Å²) in [4.78, 5) is 14.4. The van der Waals surface area contributed by atoms with Crippen molar-refractivity contribution in [2.75, 3.05) is 6.61 Å². The molecule has 1 aliphatic heterocycles. The molecule has 0 spiro atoms. The van der Waals surface area contributed by atoms with Crippen LogP contribution in [0.5, 0.6) is 0 Å². The van der Waals surface area contributed by atoms with Crippen molar-refractivity contribution in [1.29, 1.82) is 0 Å². The summed E-state index contributed by atoms with van der Waals surface area (Å²) in [6.45, 7) is 5.78. The molecule has 0 unspecified atom stereocenters. The summed E-state index contributed by atoms with van der Waals surface area (Å²) in [5.74, 6) is -0.446. The smallest absolute Gasteiger partial charge is 0.326 e. The zero-order valence-electron chi connectivity index (χ0n) is 13.6. The van der Waals surface area contributed by atoms with Crippen molar-refractivity contribution >= 4 is 28.6 Å². The van der Waals surface area contributed by atoms with Crippen LogP contribution in [0.2, 0.25) is 0 Å². The van der Waals surface area contributed by atoms with Gasteiger partial charge in [-0.3, -0.25) is 9.69 Å². The quantitative estimate of drug-likeness (QED) is 0.430. The van der Waals surface area contributed by atoms with E-state index in [1.54, 1.807) is 20.8 Å². The molecule has 2 rings (SSSR count). The van der Waals surface area contributed by atoms with Crippen LogP contribution < -0.4 is 0 Å². The van der Waals surface area contributed by atoms with Gasteiger partial charge < -0.3 is 14.9 Å². The van der Waals surface area contributed by atoms with Gasteiger partial charge in [0.05, 0.1) is 16.6 Å². The maximum atomic E-state index is 12.6. The second kappa shape index (κ2) is 7.46. The third-order valence-corrected chi connectivity index (χ3v) is 5.41. The van der Waals surface area contributed by atoms with E-state index in [0.717, 1.165) is 5.56 Å². The molecule has 1 fully saturated rings. The van der Waals surface area contributed by atoms with E-state index in [-0.39, 0.29) is 16.6 Å². The predicted molar refractivity (Wildman–Crippen MR) is 96.3 cm³/mol. The summed E-state index contributed by atoms with van der Waals surface area (Å²) in [5.41, 5.74) is 0.407. The van der Waals surface area contributed by atoms with Crippen LogP contribution in [0.3, 0.4) is 0 Å². The summed E-state index contributed by atoms with van der Waals surface area (Å²) < 4.78 is 5.24. The van der Waals surface area contributed by atoms with Gasteiger partial charge in [-0.25, -0.2) is 0 Å². The number of halogens is 1. The number of hydrogen-bond donors (Lipinski definition) is 2. The lowest BCUT2D eigenvalue weighted by atomic mass is 10.1. The summed E-state index contributed by atoms with van der Waals surface area (Å²) in [7, 11) is 0. The lowest BCUT2D eigenvalue weighted by molar-refractivity contribution is -0.164. The van der Waals surface area contributed by atoms with Gasteiger partial charge in [-0.15, -0.1) is 0 Å². The van der Waals surface area contributed by atoms with Gasteiger partial charge >= 0.3 is 5.97 Å². The standard InChI is InChI=1S/C17H24INO4/c1-17(2,3)23-16(22)14-15(21)13(18)12(10-20)19(14)9-11-7-5-4-6-8-11/h4-8,12-15,20-21H,9-10H2,1-3H3/t12-,13-,14-,15-/m0/s1. The number of carbonyl (C=O) groups is 1. The van der Waals surface area contributed by atoms with Gasteiger partial charge in [0.1, 0.15) is 11.6 Å². The molecule has 4 atom stereocenters. The number of rotatable bonds is 4. The molecule has 6 heteroatoms. The van der Waals surface area contributed by atoms with E-state index < -0.39 is 23.7 Å². The lowest BCUT2D eigenvalue weighted by Crippen LogP contribution is -2.47. The lowest BCUT2D eigenvalue weighted by Gasteiger charge is -2.30. The molecule has 0 bridgehead atoms. The Morgan fingerprint density at radius 3 is 2.43 bits per heavy atom. The average molecular weight is 433 g/mol. The minimum absolute atomic E-state index is 0.114. The van der Waals surface area contributed by atoms with Crippen LogP contribution in [0, 0.1) is 0 Å². The fourth-order valence-corrected chi connectivity index (χ4v) is 3.87. The Morgan fingerprint density at radius 1 is 1.30 bits per heavy atom. The van der Waals surface area contributed by atoms with Crippen LogP contribution in [0.25, 0.3) is 0 Å². The summed E-state index contributed by atoms with van der Waals surface area (Å²) in [6, 6.07) is 8.66. The number of likely N-dealkylation sites (tertiary alicyclic amines) is 1. The maximum absolute atomic E-state index is 12.6. The fourth-order valence-electron chi connectivity index (χ4n) is 2.84. The van der Waals surface area contributed by atoms with Crippen molar-refractivity contribution < 1.29 is 19.7 Å². The number of alkyl halides is 1. The number of aliphatic hydroxyl groups excluding tert-OH is 2. The average Bonchev–Trinajstić information content (AvgIpc) is 2.69. The third kappa shape index (κ3) is 4.43. The largest absolute Gasteiger partial charge is 0.459 e. The van der Waals surface area contributed by atoms with Crippen molar-refractivity contribution in [3.8, 4) is 0 Å². The van der Waals surface area contributed by atoms with Crippen LogP contribution >= 0.6 is 22.6 Å². The molecule has 1 saturated heterocycles. The number of nitrogens with zero attached hydrogens (tertiary/aromatic N) is 1. The first-order valence-corrected chi connectivity index (χ1v) is 8.94. The molecule has 0 aromatic heterocycles. The first kappa shape index (κ1) is 18.6. The molecular weight excluding hydrogens is 409 g/mol. The molecule has 0 radical (unpaired) electrons. The Labute approximate surface area is 150 Å². The number of esters is 1.